The Kier molecular flexibility index (Phi) is 3.74. The Hall–Kier alpha value is -1.11. The fourth-order valence-corrected chi connectivity index (χ4v) is 5.73. The Bertz CT molecular complexity index is 577. The molecular formula is C15H23NO5S. The third-order valence-electron chi connectivity index (χ3n) is 5.81. The minimum Gasteiger partial charge on any atom is -0.480 e. The number of carbonyl (C=O) groups is 2. The second-order valence-corrected chi connectivity index (χ2v) is 9.51. The lowest BCUT2D eigenvalue weighted by molar-refractivity contribution is -0.149. The van der Waals surface area contributed by atoms with Crippen LogP contribution in [0.3, 0.4) is 0 Å². The van der Waals surface area contributed by atoms with E-state index >= 15 is 0 Å². The van der Waals surface area contributed by atoms with Gasteiger partial charge in [0.1, 0.15) is 15.4 Å². The molecule has 0 aromatic rings. The molecule has 124 valence electrons. The molecule has 3 fully saturated rings. The summed E-state index contributed by atoms with van der Waals surface area (Å²) in [7, 11) is -2.94. The number of amides is 1. The van der Waals surface area contributed by atoms with E-state index in [1.807, 2.05) is 0 Å². The summed E-state index contributed by atoms with van der Waals surface area (Å²) in [6.45, 7) is 0. The van der Waals surface area contributed by atoms with E-state index in [0.29, 0.717) is 32.1 Å². The standard InChI is InChI=1S/C15H23NO5S/c17-12(16-15(13(18)19)4-2-1-3-5-15)11-10-14(11)6-8-22(20,21)9-7-14/h11H,1-10H2,(H,16,17)(H,18,19). The van der Waals surface area contributed by atoms with Crippen molar-refractivity contribution in [3.63, 3.8) is 0 Å². The van der Waals surface area contributed by atoms with E-state index < -0.39 is 21.3 Å². The molecule has 0 aromatic heterocycles. The van der Waals surface area contributed by atoms with Gasteiger partial charge in [0.2, 0.25) is 5.91 Å². The molecule has 1 unspecified atom stereocenters. The van der Waals surface area contributed by atoms with Crippen LogP contribution in [0.25, 0.3) is 0 Å². The molecule has 0 aromatic carbocycles. The second-order valence-electron chi connectivity index (χ2n) is 7.21. The van der Waals surface area contributed by atoms with Crippen molar-refractivity contribution < 1.29 is 23.1 Å². The van der Waals surface area contributed by atoms with Crippen molar-refractivity contribution in [1.29, 1.82) is 0 Å². The molecule has 3 aliphatic rings. The Labute approximate surface area is 130 Å². The van der Waals surface area contributed by atoms with Gasteiger partial charge in [-0.05, 0) is 37.5 Å². The van der Waals surface area contributed by atoms with Crippen LogP contribution in [0.4, 0.5) is 0 Å². The van der Waals surface area contributed by atoms with Crippen LogP contribution in [0.15, 0.2) is 0 Å². The smallest absolute Gasteiger partial charge is 0.329 e. The van der Waals surface area contributed by atoms with Gasteiger partial charge in [0, 0.05) is 5.92 Å². The van der Waals surface area contributed by atoms with Crippen molar-refractivity contribution in [2.24, 2.45) is 11.3 Å². The van der Waals surface area contributed by atoms with Crippen LogP contribution in [0.1, 0.15) is 51.4 Å². The largest absolute Gasteiger partial charge is 0.480 e. The molecule has 1 atom stereocenters. The number of rotatable bonds is 3. The summed E-state index contributed by atoms with van der Waals surface area (Å²) in [6.07, 6.45) is 5.40. The van der Waals surface area contributed by atoms with Crippen LogP contribution in [0.2, 0.25) is 0 Å². The molecule has 2 N–H and O–H groups in total. The predicted octanol–water partition coefficient (Wildman–Crippen LogP) is 1.10. The Morgan fingerprint density at radius 3 is 2.14 bits per heavy atom. The number of carboxylic acids is 1. The number of aliphatic carboxylic acids is 1. The lowest BCUT2D eigenvalue weighted by atomic mass is 9.81. The van der Waals surface area contributed by atoms with Crippen LogP contribution in [0.5, 0.6) is 0 Å². The van der Waals surface area contributed by atoms with Gasteiger partial charge in [0.05, 0.1) is 11.5 Å². The third-order valence-corrected chi connectivity index (χ3v) is 7.46. The average molecular weight is 329 g/mol. The predicted molar refractivity (Wildman–Crippen MR) is 80.0 cm³/mol. The molecule has 1 aliphatic heterocycles. The molecule has 2 aliphatic carbocycles. The lowest BCUT2D eigenvalue weighted by Gasteiger charge is -2.34. The fraction of sp³-hybridized carbons (Fsp3) is 0.867. The summed E-state index contributed by atoms with van der Waals surface area (Å²) in [5.41, 5.74) is -1.30. The van der Waals surface area contributed by atoms with Crippen molar-refractivity contribution in [3.05, 3.63) is 0 Å². The van der Waals surface area contributed by atoms with E-state index in [1.165, 1.54) is 0 Å². The molecule has 0 radical (unpaired) electrons. The highest BCUT2D eigenvalue weighted by molar-refractivity contribution is 7.91. The zero-order chi connectivity index (χ0) is 16.0. The first-order chi connectivity index (χ1) is 10.3. The zero-order valence-corrected chi connectivity index (χ0v) is 13.5. The first-order valence-corrected chi connectivity index (χ1v) is 9.87. The van der Waals surface area contributed by atoms with Gasteiger partial charge in [-0.15, -0.1) is 0 Å². The van der Waals surface area contributed by atoms with Gasteiger partial charge in [-0.1, -0.05) is 19.3 Å². The first-order valence-electron chi connectivity index (χ1n) is 8.05. The SMILES string of the molecule is O=C(NC1(C(=O)O)CCCCC1)C1CC12CCS(=O)(=O)CC2. The van der Waals surface area contributed by atoms with Gasteiger partial charge in [-0.25, -0.2) is 13.2 Å². The van der Waals surface area contributed by atoms with E-state index in [4.69, 9.17) is 0 Å². The van der Waals surface area contributed by atoms with E-state index in [2.05, 4.69) is 5.32 Å². The lowest BCUT2D eigenvalue weighted by Crippen LogP contribution is -2.56. The normalized spacial score (nSPS) is 31.4. The van der Waals surface area contributed by atoms with E-state index in [-0.39, 0.29) is 28.7 Å². The Morgan fingerprint density at radius 1 is 1.00 bits per heavy atom. The van der Waals surface area contributed by atoms with Crippen molar-refractivity contribution in [2.45, 2.75) is 56.9 Å². The van der Waals surface area contributed by atoms with E-state index in [0.717, 1.165) is 19.3 Å². The summed E-state index contributed by atoms with van der Waals surface area (Å²) in [5.74, 6) is -1.03. The summed E-state index contributed by atoms with van der Waals surface area (Å²) in [4.78, 5) is 24.1. The molecule has 6 nitrogen and oxygen atoms in total. The van der Waals surface area contributed by atoms with Gasteiger partial charge in [0.15, 0.2) is 0 Å². The minimum absolute atomic E-state index is 0.154. The highest BCUT2D eigenvalue weighted by Crippen LogP contribution is 2.60. The summed E-state index contributed by atoms with van der Waals surface area (Å²) >= 11 is 0. The topological polar surface area (TPSA) is 101 Å². The molecule has 1 saturated heterocycles. The maximum absolute atomic E-state index is 12.5. The molecule has 2 saturated carbocycles. The van der Waals surface area contributed by atoms with Crippen molar-refractivity contribution >= 4 is 21.7 Å². The number of nitrogens with one attached hydrogen (secondary N) is 1. The van der Waals surface area contributed by atoms with Gasteiger partial charge >= 0.3 is 5.97 Å². The summed E-state index contributed by atoms with van der Waals surface area (Å²) < 4.78 is 23.0. The van der Waals surface area contributed by atoms with Crippen LogP contribution in [-0.4, -0.2) is 42.4 Å². The second kappa shape index (κ2) is 5.22. The highest BCUT2D eigenvalue weighted by atomic mass is 32.2. The first kappa shape index (κ1) is 15.8. The zero-order valence-electron chi connectivity index (χ0n) is 12.6. The number of carbonyl (C=O) groups excluding carboxylic acids is 1. The van der Waals surface area contributed by atoms with Crippen LogP contribution in [-0.2, 0) is 19.4 Å². The van der Waals surface area contributed by atoms with Gasteiger partial charge in [0.25, 0.3) is 0 Å². The number of carboxylic acid groups (broad SMARTS) is 1. The average Bonchev–Trinajstić information content (AvgIpc) is 3.18. The number of hydrogen-bond acceptors (Lipinski definition) is 4. The molecule has 1 spiro atoms. The Morgan fingerprint density at radius 2 is 1.59 bits per heavy atom. The van der Waals surface area contributed by atoms with Crippen molar-refractivity contribution in [1.82, 2.24) is 5.32 Å². The molecule has 0 bridgehead atoms. The maximum Gasteiger partial charge on any atom is 0.329 e. The van der Waals surface area contributed by atoms with E-state index in [9.17, 15) is 23.1 Å². The Balaban J connectivity index is 1.65. The fourth-order valence-electron chi connectivity index (χ4n) is 4.09. The van der Waals surface area contributed by atoms with Crippen LogP contribution in [0, 0.1) is 11.3 Å². The quantitative estimate of drug-likeness (QED) is 0.807. The van der Waals surface area contributed by atoms with Gasteiger partial charge < -0.3 is 10.4 Å². The van der Waals surface area contributed by atoms with Crippen LogP contribution < -0.4 is 5.32 Å². The monoisotopic (exact) mass is 329 g/mol. The van der Waals surface area contributed by atoms with Crippen LogP contribution >= 0.6 is 0 Å². The number of sulfone groups is 1. The van der Waals surface area contributed by atoms with Gasteiger partial charge in [-0.3, -0.25) is 4.79 Å². The maximum atomic E-state index is 12.5. The molecule has 1 amide bonds. The van der Waals surface area contributed by atoms with E-state index in [1.54, 1.807) is 0 Å². The van der Waals surface area contributed by atoms with Crippen molar-refractivity contribution in [2.75, 3.05) is 11.5 Å². The molecule has 7 heteroatoms. The molecular weight excluding hydrogens is 306 g/mol. The summed E-state index contributed by atoms with van der Waals surface area (Å²) in [5, 5.41) is 12.3. The number of hydrogen-bond donors (Lipinski definition) is 2. The third kappa shape index (κ3) is 2.75. The highest BCUT2D eigenvalue weighted by Gasteiger charge is 2.60. The molecule has 22 heavy (non-hydrogen) atoms. The molecule has 3 rings (SSSR count). The van der Waals surface area contributed by atoms with Gasteiger partial charge in [-0.2, -0.15) is 0 Å². The van der Waals surface area contributed by atoms with Crippen molar-refractivity contribution in [3.8, 4) is 0 Å². The minimum atomic E-state index is -2.94. The molecule has 1 heterocycles. The summed E-state index contributed by atoms with van der Waals surface area (Å²) in [6, 6.07) is 0.